The van der Waals surface area contributed by atoms with Crippen molar-refractivity contribution in [2.45, 2.75) is 19.0 Å². The third-order valence-electron chi connectivity index (χ3n) is 4.10. The largest absolute Gasteiger partial charge is 0.357 e. The minimum atomic E-state index is 0.0189. The highest BCUT2D eigenvalue weighted by Gasteiger charge is 2.35. The minimum absolute atomic E-state index is 0.0189. The summed E-state index contributed by atoms with van der Waals surface area (Å²) in [4.78, 5) is 17.7. The number of fused-ring (bicyclic) bond motifs is 4. The first-order valence-corrected chi connectivity index (χ1v) is 6.43. The van der Waals surface area contributed by atoms with Crippen molar-refractivity contribution in [1.82, 2.24) is 15.2 Å². The molecule has 2 aliphatic rings. The first-order valence-electron chi connectivity index (χ1n) is 6.43. The van der Waals surface area contributed by atoms with Gasteiger partial charge in [-0.1, -0.05) is 18.2 Å². The van der Waals surface area contributed by atoms with Crippen molar-refractivity contribution < 1.29 is 4.79 Å². The number of benzene rings is 1. The van der Waals surface area contributed by atoms with E-state index in [2.05, 4.69) is 33.4 Å². The fourth-order valence-corrected chi connectivity index (χ4v) is 3.19. The number of para-hydroxylation sites is 1. The number of amides is 1. The van der Waals surface area contributed by atoms with Crippen LogP contribution in [-0.4, -0.2) is 34.9 Å². The van der Waals surface area contributed by atoms with Gasteiger partial charge in [0.1, 0.15) is 0 Å². The number of rotatable bonds is 0. The van der Waals surface area contributed by atoms with Crippen molar-refractivity contribution >= 4 is 16.8 Å². The third kappa shape index (κ3) is 1.32. The van der Waals surface area contributed by atoms with Gasteiger partial charge in [0.15, 0.2) is 0 Å². The number of aromatic nitrogens is 1. The van der Waals surface area contributed by atoms with E-state index in [1.807, 2.05) is 6.07 Å². The lowest BCUT2D eigenvalue weighted by atomic mass is 9.95. The molecule has 3 heterocycles. The summed E-state index contributed by atoms with van der Waals surface area (Å²) in [6, 6.07) is 8.37. The van der Waals surface area contributed by atoms with E-state index in [4.69, 9.17) is 0 Å². The molecule has 1 aromatic heterocycles. The maximum atomic E-state index is 11.9. The molecule has 4 heteroatoms. The first kappa shape index (κ1) is 10.1. The fourth-order valence-electron chi connectivity index (χ4n) is 3.19. The molecule has 2 N–H and O–H groups in total. The summed E-state index contributed by atoms with van der Waals surface area (Å²) in [5.74, 6) is 0.178. The number of carbonyl (C=O) groups excluding carboxylic acids is 1. The van der Waals surface area contributed by atoms with Gasteiger partial charge in [-0.2, -0.15) is 0 Å². The zero-order valence-electron chi connectivity index (χ0n) is 10.1. The quantitative estimate of drug-likeness (QED) is 0.723. The van der Waals surface area contributed by atoms with Crippen LogP contribution in [0.2, 0.25) is 0 Å². The van der Waals surface area contributed by atoms with Gasteiger partial charge in [-0.05, 0) is 18.1 Å². The predicted octanol–water partition coefficient (Wildman–Crippen LogP) is 1.02. The van der Waals surface area contributed by atoms with Gasteiger partial charge in [-0.3, -0.25) is 9.69 Å². The third-order valence-corrected chi connectivity index (χ3v) is 4.10. The lowest BCUT2D eigenvalue weighted by Crippen LogP contribution is -2.57. The number of piperazine rings is 1. The lowest BCUT2D eigenvalue weighted by molar-refractivity contribution is -0.129. The van der Waals surface area contributed by atoms with Crippen molar-refractivity contribution in [3.63, 3.8) is 0 Å². The Bertz CT molecular complexity index is 631. The molecule has 1 aromatic carbocycles. The number of hydrogen-bond donors (Lipinski definition) is 2. The molecule has 0 unspecified atom stereocenters. The summed E-state index contributed by atoms with van der Waals surface area (Å²) < 4.78 is 0. The van der Waals surface area contributed by atoms with Crippen LogP contribution in [0.15, 0.2) is 24.3 Å². The molecule has 92 valence electrons. The summed E-state index contributed by atoms with van der Waals surface area (Å²) in [7, 11) is 0. The molecule has 2 aliphatic heterocycles. The van der Waals surface area contributed by atoms with Crippen LogP contribution in [0.3, 0.4) is 0 Å². The number of carbonyl (C=O) groups is 1. The molecule has 4 nitrogen and oxygen atoms in total. The molecule has 18 heavy (non-hydrogen) atoms. The smallest absolute Gasteiger partial charge is 0.237 e. The van der Waals surface area contributed by atoms with Crippen LogP contribution in [0.4, 0.5) is 0 Å². The van der Waals surface area contributed by atoms with E-state index < -0.39 is 0 Å². The van der Waals surface area contributed by atoms with Crippen LogP contribution in [0.1, 0.15) is 11.3 Å². The van der Waals surface area contributed by atoms with E-state index in [1.54, 1.807) is 0 Å². The van der Waals surface area contributed by atoms with E-state index in [0.29, 0.717) is 0 Å². The Morgan fingerprint density at radius 2 is 2.17 bits per heavy atom. The molecule has 0 spiro atoms. The standard InChI is InChI=1S/C14H15N3O/c18-14-13-7-10-9-3-1-2-4-11(9)16-12(10)8-17(13)6-5-15-14/h1-4,13,16H,5-8H2,(H,15,18)/t13-/m1/s1. The maximum Gasteiger partial charge on any atom is 0.237 e. The van der Waals surface area contributed by atoms with Gasteiger partial charge in [0.2, 0.25) is 5.91 Å². The van der Waals surface area contributed by atoms with E-state index in [-0.39, 0.29) is 11.9 Å². The Kier molecular flexibility index (Phi) is 2.02. The van der Waals surface area contributed by atoms with Gasteiger partial charge >= 0.3 is 0 Å². The maximum absolute atomic E-state index is 11.9. The summed E-state index contributed by atoms with van der Waals surface area (Å²) in [6.45, 7) is 2.58. The van der Waals surface area contributed by atoms with Gasteiger partial charge in [-0.15, -0.1) is 0 Å². The highest BCUT2D eigenvalue weighted by Crippen LogP contribution is 2.30. The van der Waals surface area contributed by atoms with Gasteiger partial charge in [0.25, 0.3) is 0 Å². The Labute approximate surface area is 105 Å². The van der Waals surface area contributed by atoms with Gasteiger partial charge < -0.3 is 10.3 Å². The number of aromatic amines is 1. The molecular weight excluding hydrogens is 226 g/mol. The normalized spacial score (nSPS) is 23.6. The van der Waals surface area contributed by atoms with E-state index in [9.17, 15) is 4.79 Å². The van der Waals surface area contributed by atoms with Gasteiger partial charge in [0, 0.05) is 36.2 Å². The fraction of sp³-hybridized carbons (Fsp3) is 0.357. The average Bonchev–Trinajstić information content (AvgIpc) is 2.75. The zero-order chi connectivity index (χ0) is 12.1. The van der Waals surface area contributed by atoms with Gasteiger partial charge in [-0.25, -0.2) is 0 Å². The summed E-state index contributed by atoms with van der Waals surface area (Å²) in [5, 5.41) is 4.23. The summed E-state index contributed by atoms with van der Waals surface area (Å²) >= 11 is 0. The molecule has 0 aliphatic carbocycles. The molecule has 0 radical (unpaired) electrons. The molecule has 1 amide bonds. The van der Waals surface area contributed by atoms with Crippen LogP contribution < -0.4 is 5.32 Å². The zero-order valence-corrected chi connectivity index (χ0v) is 10.1. The molecule has 0 bridgehead atoms. The van der Waals surface area contributed by atoms with Crippen LogP contribution in [0, 0.1) is 0 Å². The topological polar surface area (TPSA) is 48.1 Å². The van der Waals surface area contributed by atoms with Crippen molar-refractivity contribution in [2.75, 3.05) is 13.1 Å². The van der Waals surface area contributed by atoms with Crippen molar-refractivity contribution in [3.05, 3.63) is 35.5 Å². The molecule has 1 fully saturated rings. The average molecular weight is 241 g/mol. The number of H-pyrrole nitrogens is 1. The van der Waals surface area contributed by atoms with Crippen molar-refractivity contribution in [2.24, 2.45) is 0 Å². The molecule has 1 saturated heterocycles. The second-order valence-electron chi connectivity index (χ2n) is 5.11. The summed E-state index contributed by atoms with van der Waals surface area (Å²) in [6.07, 6.45) is 0.825. The van der Waals surface area contributed by atoms with Crippen LogP contribution in [0.25, 0.3) is 10.9 Å². The van der Waals surface area contributed by atoms with Crippen molar-refractivity contribution in [3.8, 4) is 0 Å². The Balaban J connectivity index is 1.84. The second-order valence-corrected chi connectivity index (χ2v) is 5.11. The van der Waals surface area contributed by atoms with Crippen LogP contribution >= 0.6 is 0 Å². The van der Waals surface area contributed by atoms with Crippen molar-refractivity contribution in [1.29, 1.82) is 0 Å². The highest BCUT2D eigenvalue weighted by atomic mass is 16.2. The van der Waals surface area contributed by atoms with E-state index >= 15 is 0 Å². The monoisotopic (exact) mass is 241 g/mol. The molecular formula is C14H15N3O. The molecule has 0 saturated carbocycles. The highest BCUT2D eigenvalue weighted by molar-refractivity contribution is 5.88. The number of hydrogen-bond acceptors (Lipinski definition) is 2. The Morgan fingerprint density at radius 3 is 3.11 bits per heavy atom. The van der Waals surface area contributed by atoms with Gasteiger partial charge in [0.05, 0.1) is 6.04 Å². The second kappa shape index (κ2) is 3.59. The Hall–Kier alpha value is -1.81. The van der Waals surface area contributed by atoms with Crippen LogP contribution in [-0.2, 0) is 17.8 Å². The first-order chi connectivity index (χ1) is 8.83. The number of nitrogens with zero attached hydrogens (tertiary/aromatic N) is 1. The summed E-state index contributed by atoms with van der Waals surface area (Å²) in [5.41, 5.74) is 3.79. The van der Waals surface area contributed by atoms with Crippen LogP contribution in [0.5, 0.6) is 0 Å². The van der Waals surface area contributed by atoms with E-state index in [1.165, 1.54) is 22.2 Å². The lowest BCUT2D eigenvalue weighted by Gasteiger charge is -2.38. The minimum Gasteiger partial charge on any atom is -0.357 e. The predicted molar refractivity (Wildman–Crippen MR) is 69.2 cm³/mol. The van der Waals surface area contributed by atoms with E-state index in [0.717, 1.165) is 26.1 Å². The SMILES string of the molecule is O=C1NCCN2Cc3[nH]c4ccccc4c3C[C@H]12. The molecule has 2 aromatic rings. The molecule has 4 rings (SSSR count). The Morgan fingerprint density at radius 1 is 1.28 bits per heavy atom. The molecule has 1 atom stereocenters. The number of nitrogens with one attached hydrogen (secondary N) is 2.